The average molecular weight is 491 g/mol. The van der Waals surface area contributed by atoms with Crippen molar-refractivity contribution in [1.82, 2.24) is 19.9 Å². The summed E-state index contributed by atoms with van der Waals surface area (Å²) >= 11 is 12.4. The van der Waals surface area contributed by atoms with Gasteiger partial charge in [-0.1, -0.05) is 29.3 Å². The maximum absolute atomic E-state index is 13.2. The van der Waals surface area contributed by atoms with E-state index in [4.69, 9.17) is 32.7 Å². The Morgan fingerprint density at radius 1 is 1.09 bits per heavy atom. The lowest BCUT2D eigenvalue weighted by atomic mass is 9.86. The minimum absolute atomic E-state index is 0.0703. The van der Waals surface area contributed by atoms with Gasteiger partial charge in [0.15, 0.2) is 5.82 Å². The molecule has 0 bridgehead atoms. The first kappa shape index (κ1) is 23.2. The number of rotatable bonds is 6. The molecule has 7 nitrogen and oxygen atoms in total. The van der Waals surface area contributed by atoms with E-state index < -0.39 is 5.82 Å². The highest BCUT2D eigenvalue weighted by Gasteiger charge is 2.40. The summed E-state index contributed by atoms with van der Waals surface area (Å²) in [5.41, 5.74) is 1.40. The van der Waals surface area contributed by atoms with E-state index >= 15 is 0 Å². The van der Waals surface area contributed by atoms with Crippen molar-refractivity contribution in [3.63, 3.8) is 0 Å². The first-order chi connectivity index (χ1) is 15.9. The fourth-order valence-corrected chi connectivity index (χ4v) is 4.30. The summed E-state index contributed by atoms with van der Waals surface area (Å²) in [6, 6.07) is 8.85. The van der Waals surface area contributed by atoms with E-state index in [0.717, 1.165) is 18.0 Å². The monoisotopic (exact) mass is 490 g/mol. The standard InChI is InChI=1S/C23H21Cl2FN4O3/c1-13(33-23-28-9-16(26)10-29-23)17-11-30(22(31)15-4-6-21(32-2)27-8-15)12-18(17)14-3-5-19(24)20(25)7-14/h3-10,13,17-18H,11-12H2,1-2H3/t13-,17+,18+/m1/s1. The topological polar surface area (TPSA) is 77.4 Å². The normalized spacial score (nSPS) is 18.8. The molecular weight excluding hydrogens is 470 g/mol. The molecule has 10 heteroatoms. The minimum atomic E-state index is -0.547. The highest BCUT2D eigenvalue weighted by atomic mass is 35.5. The summed E-state index contributed by atoms with van der Waals surface area (Å²) in [5.74, 6) is -0.449. The number of halogens is 3. The second-order valence-electron chi connectivity index (χ2n) is 7.75. The zero-order valence-corrected chi connectivity index (χ0v) is 19.4. The van der Waals surface area contributed by atoms with Crippen LogP contribution in [0.3, 0.4) is 0 Å². The lowest BCUT2D eigenvalue weighted by molar-refractivity contribution is 0.0767. The summed E-state index contributed by atoms with van der Waals surface area (Å²) in [6.07, 6.45) is 3.22. The van der Waals surface area contributed by atoms with Crippen molar-refractivity contribution in [3.05, 3.63) is 75.9 Å². The number of likely N-dealkylation sites (tertiary alicyclic amines) is 1. The second kappa shape index (κ2) is 9.89. The van der Waals surface area contributed by atoms with Crippen LogP contribution in [0.4, 0.5) is 4.39 Å². The number of carbonyl (C=O) groups is 1. The summed E-state index contributed by atoms with van der Waals surface area (Å²) in [6.45, 7) is 2.76. The lowest BCUT2D eigenvalue weighted by Crippen LogP contribution is -2.32. The Kier molecular flexibility index (Phi) is 6.95. The van der Waals surface area contributed by atoms with Crippen molar-refractivity contribution in [2.75, 3.05) is 20.2 Å². The number of carbonyl (C=O) groups excluding carboxylic acids is 1. The molecule has 1 saturated heterocycles. The van der Waals surface area contributed by atoms with Gasteiger partial charge in [-0.05, 0) is 30.7 Å². The van der Waals surface area contributed by atoms with Crippen molar-refractivity contribution >= 4 is 29.1 Å². The molecule has 1 aliphatic rings. The summed E-state index contributed by atoms with van der Waals surface area (Å²) in [4.78, 5) is 26.9. The van der Waals surface area contributed by atoms with Crippen LogP contribution in [0, 0.1) is 11.7 Å². The molecule has 1 aromatic carbocycles. The molecule has 3 atom stereocenters. The Labute approximate surface area is 200 Å². The van der Waals surface area contributed by atoms with Crippen molar-refractivity contribution in [2.24, 2.45) is 5.92 Å². The molecule has 0 saturated carbocycles. The van der Waals surface area contributed by atoms with Gasteiger partial charge in [0.25, 0.3) is 5.91 Å². The summed E-state index contributed by atoms with van der Waals surface area (Å²) in [5, 5.41) is 0.892. The quantitative estimate of drug-likeness (QED) is 0.500. The maximum Gasteiger partial charge on any atom is 0.316 e. The van der Waals surface area contributed by atoms with Crippen LogP contribution in [-0.4, -0.2) is 52.1 Å². The minimum Gasteiger partial charge on any atom is -0.481 e. The van der Waals surface area contributed by atoms with Crippen LogP contribution in [-0.2, 0) is 0 Å². The van der Waals surface area contributed by atoms with Crippen LogP contribution in [0.1, 0.15) is 28.8 Å². The zero-order valence-electron chi connectivity index (χ0n) is 17.9. The molecule has 172 valence electrons. The van der Waals surface area contributed by atoms with E-state index in [2.05, 4.69) is 15.0 Å². The van der Waals surface area contributed by atoms with Crippen LogP contribution in [0.15, 0.2) is 48.9 Å². The number of amides is 1. The Bertz CT molecular complexity index is 1130. The van der Waals surface area contributed by atoms with E-state index in [-0.39, 0.29) is 29.9 Å². The second-order valence-corrected chi connectivity index (χ2v) is 8.56. The van der Waals surface area contributed by atoms with Gasteiger partial charge in [-0.2, -0.15) is 0 Å². The van der Waals surface area contributed by atoms with Crippen LogP contribution in [0.5, 0.6) is 11.9 Å². The Hall–Kier alpha value is -2.97. The van der Waals surface area contributed by atoms with Crippen molar-refractivity contribution in [3.8, 4) is 11.9 Å². The molecule has 2 aromatic heterocycles. The molecule has 0 radical (unpaired) electrons. The number of methoxy groups -OCH3 is 1. The first-order valence-corrected chi connectivity index (χ1v) is 11.0. The number of hydrogen-bond donors (Lipinski definition) is 0. The first-order valence-electron chi connectivity index (χ1n) is 10.2. The predicted molar refractivity (Wildman–Crippen MR) is 121 cm³/mol. The SMILES string of the molecule is COc1ccc(C(=O)N2C[C@@H]([C@@H](C)Oc3ncc(F)cn3)[C@H](c3ccc(Cl)c(Cl)c3)C2)cn1. The van der Waals surface area contributed by atoms with Gasteiger partial charge in [0.1, 0.15) is 6.10 Å². The van der Waals surface area contributed by atoms with Gasteiger partial charge in [-0.25, -0.2) is 19.3 Å². The van der Waals surface area contributed by atoms with E-state index in [1.54, 1.807) is 23.1 Å². The van der Waals surface area contributed by atoms with Crippen molar-refractivity contribution in [2.45, 2.75) is 18.9 Å². The molecule has 0 spiro atoms. The maximum atomic E-state index is 13.2. The number of pyridine rings is 1. The van der Waals surface area contributed by atoms with E-state index in [9.17, 15) is 9.18 Å². The Morgan fingerprint density at radius 3 is 2.48 bits per heavy atom. The molecule has 1 aliphatic heterocycles. The van der Waals surface area contributed by atoms with Crippen molar-refractivity contribution in [1.29, 1.82) is 0 Å². The van der Waals surface area contributed by atoms with Crippen molar-refractivity contribution < 1.29 is 18.7 Å². The summed E-state index contributed by atoms with van der Waals surface area (Å²) in [7, 11) is 1.52. The zero-order chi connectivity index (χ0) is 23.5. The summed E-state index contributed by atoms with van der Waals surface area (Å²) < 4.78 is 24.1. The van der Waals surface area contributed by atoms with Gasteiger partial charge in [0.2, 0.25) is 5.88 Å². The molecule has 3 heterocycles. The Morgan fingerprint density at radius 2 is 1.85 bits per heavy atom. The van der Waals surface area contributed by atoms with Crippen LogP contribution < -0.4 is 9.47 Å². The Balaban J connectivity index is 1.60. The highest BCUT2D eigenvalue weighted by molar-refractivity contribution is 6.42. The van der Waals surface area contributed by atoms with E-state index in [1.807, 2.05) is 19.1 Å². The van der Waals surface area contributed by atoms with E-state index in [0.29, 0.717) is 34.6 Å². The van der Waals surface area contributed by atoms with Gasteiger partial charge in [0.05, 0.1) is 35.1 Å². The third-order valence-corrected chi connectivity index (χ3v) is 6.45. The van der Waals surface area contributed by atoms with Gasteiger partial charge < -0.3 is 14.4 Å². The average Bonchev–Trinajstić information content (AvgIpc) is 3.27. The third kappa shape index (κ3) is 5.17. The number of hydrogen-bond acceptors (Lipinski definition) is 6. The molecule has 3 aromatic rings. The predicted octanol–water partition coefficient (Wildman–Crippen LogP) is 4.65. The van der Waals surface area contributed by atoms with Crippen LogP contribution >= 0.6 is 23.2 Å². The molecule has 4 rings (SSSR count). The molecule has 33 heavy (non-hydrogen) atoms. The number of benzene rings is 1. The molecule has 1 fully saturated rings. The number of ether oxygens (including phenoxy) is 2. The molecule has 0 unspecified atom stereocenters. The number of aromatic nitrogens is 3. The van der Waals surface area contributed by atoms with Crippen LogP contribution in [0.2, 0.25) is 10.0 Å². The fourth-order valence-electron chi connectivity index (χ4n) is 3.99. The van der Waals surface area contributed by atoms with Gasteiger partial charge in [0, 0.05) is 37.2 Å². The lowest BCUT2D eigenvalue weighted by Gasteiger charge is -2.25. The molecule has 0 aliphatic carbocycles. The molecule has 0 N–H and O–H groups in total. The molecular formula is C23H21Cl2FN4O3. The van der Waals surface area contributed by atoms with Crippen LogP contribution in [0.25, 0.3) is 0 Å². The highest BCUT2D eigenvalue weighted by Crippen LogP contribution is 2.38. The largest absolute Gasteiger partial charge is 0.481 e. The smallest absolute Gasteiger partial charge is 0.316 e. The van der Waals surface area contributed by atoms with E-state index in [1.165, 1.54) is 13.3 Å². The van der Waals surface area contributed by atoms with Gasteiger partial charge >= 0.3 is 6.01 Å². The van der Waals surface area contributed by atoms with Gasteiger partial charge in [-0.3, -0.25) is 4.79 Å². The third-order valence-electron chi connectivity index (χ3n) is 5.71. The molecule has 1 amide bonds. The number of nitrogens with zero attached hydrogens (tertiary/aromatic N) is 4. The fraction of sp³-hybridized carbons (Fsp3) is 0.304. The van der Waals surface area contributed by atoms with Gasteiger partial charge in [-0.15, -0.1) is 0 Å².